The van der Waals surface area contributed by atoms with Crippen molar-refractivity contribution in [1.29, 1.82) is 0 Å². The molecule has 0 saturated heterocycles. The monoisotopic (exact) mass is 310 g/mol. The van der Waals surface area contributed by atoms with Gasteiger partial charge in [-0.05, 0) is 31.2 Å². The summed E-state index contributed by atoms with van der Waals surface area (Å²) >= 11 is 0. The third-order valence-corrected chi connectivity index (χ3v) is 3.47. The molecule has 1 amide bonds. The van der Waals surface area contributed by atoms with E-state index in [0.717, 1.165) is 5.69 Å². The van der Waals surface area contributed by atoms with Gasteiger partial charge in [0.2, 0.25) is 0 Å². The van der Waals surface area contributed by atoms with Gasteiger partial charge in [0.25, 0.3) is 5.91 Å². The van der Waals surface area contributed by atoms with Crippen molar-refractivity contribution in [2.45, 2.75) is 6.92 Å². The number of imidazole rings is 1. The van der Waals surface area contributed by atoms with Crippen molar-refractivity contribution < 1.29 is 14.3 Å². The van der Waals surface area contributed by atoms with Crippen LogP contribution < -0.4 is 14.8 Å². The molecular weight excluding hydrogens is 296 g/mol. The third-order valence-electron chi connectivity index (χ3n) is 3.47. The molecule has 1 aliphatic rings. The minimum absolute atomic E-state index is 0.296. The maximum absolute atomic E-state index is 12.4. The fraction of sp³-hybridized carbons (Fsp3) is 0.188. The minimum Gasteiger partial charge on any atom is -0.486 e. The molecule has 2 aromatic heterocycles. The second-order valence-corrected chi connectivity index (χ2v) is 5.22. The van der Waals surface area contributed by atoms with Gasteiger partial charge in [0.05, 0.1) is 11.9 Å². The van der Waals surface area contributed by atoms with Crippen LogP contribution in [0.2, 0.25) is 0 Å². The third kappa shape index (κ3) is 2.57. The van der Waals surface area contributed by atoms with Crippen LogP contribution in [0.25, 0.3) is 5.65 Å². The Bertz CT molecular complexity index is 903. The van der Waals surface area contributed by atoms with Crippen LogP contribution in [-0.2, 0) is 0 Å². The summed E-state index contributed by atoms with van der Waals surface area (Å²) in [6, 6.07) is 8.70. The Balaban J connectivity index is 1.58. The first-order chi connectivity index (χ1) is 11.2. The number of benzene rings is 1. The van der Waals surface area contributed by atoms with Crippen molar-refractivity contribution in [2.75, 3.05) is 18.5 Å². The first-order valence-corrected chi connectivity index (χ1v) is 7.23. The molecule has 0 radical (unpaired) electrons. The lowest BCUT2D eigenvalue weighted by molar-refractivity contribution is 0.102. The van der Waals surface area contributed by atoms with Crippen molar-refractivity contribution in [1.82, 2.24) is 14.6 Å². The Labute approximate surface area is 131 Å². The van der Waals surface area contributed by atoms with Crippen LogP contribution in [0, 0.1) is 6.92 Å². The number of anilines is 1. The predicted molar refractivity (Wildman–Crippen MR) is 83.1 cm³/mol. The van der Waals surface area contributed by atoms with E-state index < -0.39 is 0 Å². The molecule has 1 aromatic carbocycles. The molecule has 1 aliphatic heterocycles. The zero-order valence-corrected chi connectivity index (χ0v) is 12.4. The Morgan fingerprint density at radius 1 is 1.17 bits per heavy atom. The smallest absolute Gasteiger partial charge is 0.276 e. The molecule has 1 N–H and O–H groups in total. The van der Waals surface area contributed by atoms with Gasteiger partial charge in [-0.25, -0.2) is 9.50 Å². The summed E-state index contributed by atoms with van der Waals surface area (Å²) in [6.45, 7) is 2.92. The average molecular weight is 310 g/mol. The number of hydrogen-bond donors (Lipinski definition) is 1. The predicted octanol–water partition coefficient (Wildman–Crippen LogP) is 2.06. The number of aromatic nitrogens is 3. The molecule has 7 nitrogen and oxygen atoms in total. The van der Waals surface area contributed by atoms with Gasteiger partial charge in [0, 0.05) is 11.8 Å². The maximum atomic E-state index is 12.4. The second kappa shape index (κ2) is 5.28. The molecule has 3 aromatic rings. The lowest BCUT2D eigenvalue weighted by Crippen LogP contribution is -2.17. The summed E-state index contributed by atoms with van der Waals surface area (Å²) < 4.78 is 12.6. The van der Waals surface area contributed by atoms with Gasteiger partial charge >= 0.3 is 0 Å². The fourth-order valence-corrected chi connectivity index (χ4v) is 2.44. The number of ether oxygens (including phenoxy) is 2. The van der Waals surface area contributed by atoms with E-state index in [4.69, 9.17) is 9.47 Å². The zero-order chi connectivity index (χ0) is 15.8. The first-order valence-electron chi connectivity index (χ1n) is 7.23. The van der Waals surface area contributed by atoms with Gasteiger partial charge in [-0.2, -0.15) is 5.10 Å². The van der Waals surface area contributed by atoms with Crippen LogP contribution in [0.1, 0.15) is 16.2 Å². The lowest BCUT2D eigenvalue weighted by Gasteiger charge is -2.18. The highest BCUT2D eigenvalue weighted by Crippen LogP contribution is 2.32. The fourth-order valence-electron chi connectivity index (χ4n) is 2.44. The van der Waals surface area contributed by atoms with E-state index in [0.29, 0.717) is 41.7 Å². The Morgan fingerprint density at radius 2 is 2.00 bits per heavy atom. The van der Waals surface area contributed by atoms with E-state index in [9.17, 15) is 4.79 Å². The van der Waals surface area contributed by atoms with Gasteiger partial charge in [-0.3, -0.25) is 4.79 Å². The number of nitrogens with one attached hydrogen (secondary N) is 1. The van der Waals surface area contributed by atoms with E-state index in [1.54, 1.807) is 41.0 Å². The Kier molecular flexibility index (Phi) is 3.11. The quantitative estimate of drug-likeness (QED) is 0.784. The van der Waals surface area contributed by atoms with Crippen molar-refractivity contribution in [3.8, 4) is 11.5 Å². The maximum Gasteiger partial charge on any atom is 0.276 e. The van der Waals surface area contributed by atoms with E-state index >= 15 is 0 Å². The van der Waals surface area contributed by atoms with E-state index in [1.807, 2.05) is 6.92 Å². The Morgan fingerprint density at radius 3 is 2.87 bits per heavy atom. The second-order valence-electron chi connectivity index (χ2n) is 5.22. The molecule has 0 fully saturated rings. The number of amides is 1. The SMILES string of the molecule is Cc1cn2nc(C(=O)Nc3ccc4c(c3)OCCO4)ccc2n1. The highest BCUT2D eigenvalue weighted by atomic mass is 16.6. The number of nitrogens with zero attached hydrogens (tertiary/aromatic N) is 3. The van der Waals surface area contributed by atoms with Crippen LogP contribution in [0.5, 0.6) is 11.5 Å². The van der Waals surface area contributed by atoms with Gasteiger partial charge in [0.15, 0.2) is 17.1 Å². The number of aryl methyl sites for hydroxylation is 1. The van der Waals surface area contributed by atoms with Crippen molar-refractivity contribution in [2.24, 2.45) is 0 Å². The van der Waals surface area contributed by atoms with Crippen molar-refractivity contribution >= 4 is 17.2 Å². The zero-order valence-electron chi connectivity index (χ0n) is 12.4. The van der Waals surface area contributed by atoms with Crippen molar-refractivity contribution in [3.63, 3.8) is 0 Å². The molecule has 116 valence electrons. The van der Waals surface area contributed by atoms with Crippen LogP contribution in [0.15, 0.2) is 36.5 Å². The molecule has 0 spiro atoms. The highest BCUT2D eigenvalue weighted by Gasteiger charge is 2.14. The summed E-state index contributed by atoms with van der Waals surface area (Å²) in [5.41, 5.74) is 2.49. The molecule has 4 rings (SSSR count). The average Bonchev–Trinajstić information content (AvgIpc) is 2.93. The van der Waals surface area contributed by atoms with Crippen LogP contribution in [-0.4, -0.2) is 33.7 Å². The van der Waals surface area contributed by atoms with Crippen LogP contribution in [0.3, 0.4) is 0 Å². The molecule has 0 atom stereocenters. The topological polar surface area (TPSA) is 77.8 Å². The molecule has 0 unspecified atom stereocenters. The standard InChI is InChI=1S/C16H14N4O3/c1-10-9-20-15(17-10)5-3-12(19-20)16(21)18-11-2-4-13-14(8-11)23-7-6-22-13/h2-5,8-9H,6-7H2,1H3,(H,18,21). The number of carbonyl (C=O) groups excluding carboxylic acids is 1. The van der Waals surface area contributed by atoms with Crippen LogP contribution in [0.4, 0.5) is 5.69 Å². The van der Waals surface area contributed by atoms with Gasteiger partial charge < -0.3 is 14.8 Å². The number of hydrogen-bond acceptors (Lipinski definition) is 5. The number of carbonyl (C=O) groups is 1. The first kappa shape index (κ1) is 13.6. The molecule has 0 bridgehead atoms. The Hall–Kier alpha value is -3.09. The normalized spacial score (nSPS) is 13.1. The van der Waals surface area contributed by atoms with E-state index in [2.05, 4.69) is 15.4 Å². The summed E-state index contributed by atoms with van der Waals surface area (Å²) in [5.74, 6) is 1.01. The summed E-state index contributed by atoms with van der Waals surface area (Å²) in [5, 5.41) is 7.07. The minimum atomic E-state index is -0.296. The van der Waals surface area contributed by atoms with Crippen molar-refractivity contribution in [3.05, 3.63) is 47.9 Å². The van der Waals surface area contributed by atoms with E-state index in [-0.39, 0.29) is 5.91 Å². The summed E-state index contributed by atoms with van der Waals surface area (Å²) in [6.07, 6.45) is 1.77. The molecule has 7 heteroatoms. The van der Waals surface area contributed by atoms with Gasteiger partial charge in [-0.1, -0.05) is 0 Å². The summed E-state index contributed by atoms with van der Waals surface area (Å²) in [7, 11) is 0. The van der Waals surface area contributed by atoms with Crippen LogP contribution >= 0.6 is 0 Å². The van der Waals surface area contributed by atoms with E-state index in [1.165, 1.54) is 0 Å². The van der Waals surface area contributed by atoms with Gasteiger partial charge in [-0.15, -0.1) is 0 Å². The largest absolute Gasteiger partial charge is 0.486 e. The summed E-state index contributed by atoms with van der Waals surface area (Å²) in [4.78, 5) is 16.6. The molecule has 0 aliphatic carbocycles. The molecule has 23 heavy (non-hydrogen) atoms. The number of fused-ring (bicyclic) bond motifs is 2. The lowest BCUT2D eigenvalue weighted by atomic mass is 10.2. The molecule has 3 heterocycles. The van der Waals surface area contributed by atoms with Gasteiger partial charge in [0.1, 0.15) is 18.9 Å². The molecular formula is C16H14N4O3. The highest BCUT2D eigenvalue weighted by molar-refractivity contribution is 6.03. The molecule has 0 saturated carbocycles. The number of rotatable bonds is 2.